The number of sulfonamides is 1. The Morgan fingerprint density at radius 1 is 1.24 bits per heavy atom. The molecule has 0 unspecified atom stereocenters. The fourth-order valence-electron chi connectivity index (χ4n) is 1.72. The van der Waals surface area contributed by atoms with Crippen molar-refractivity contribution in [1.82, 2.24) is 5.32 Å². The summed E-state index contributed by atoms with van der Waals surface area (Å²) in [6.45, 7) is 3.53. The molecule has 5 nitrogen and oxygen atoms in total. The van der Waals surface area contributed by atoms with Gasteiger partial charge in [0.1, 0.15) is 9.96 Å². The second-order valence-corrected chi connectivity index (χ2v) is 7.21. The lowest BCUT2D eigenvalue weighted by Crippen LogP contribution is -2.12. The van der Waals surface area contributed by atoms with Gasteiger partial charge in [-0.25, -0.2) is 8.42 Å². The number of rotatable bonds is 7. The minimum absolute atomic E-state index is 0.311. The Balaban J connectivity index is 2.11. The molecule has 0 saturated heterocycles. The van der Waals surface area contributed by atoms with Crippen LogP contribution in [0.5, 0.6) is 5.75 Å². The lowest BCUT2D eigenvalue weighted by Gasteiger charge is -2.07. The second kappa shape index (κ2) is 6.93. The normalized spacial score (nSPS) is 11.3. The van der Waals surface area contributed by atoms with Crippen LogP contribution in [0.25, 0.3) is 0 Å². The van der Waals surface area contributed by atoms with Gasteiger partial charge >= 0.3 is 0 Å². The van der Waals surface area contributed by atoms with Crippen LogP contribution >= 0.6 is 11.3 Å². The standard InChI is InChI=1S/C14H18N2O3S2/c1-3-15-9-11-8-14(20-10-11)21(17,18)16-12-4-6-13(19-2)7-5-12/h4-8,10,15-16H,3,9H2,1-2H3. The van der Waals surface area contributed by atoms with Crippen LogP contribution in [-0.2, 0) is 16.6 Å². The van der Waals surface area contributed by atoms with Gasteiger partial charge < -0.3 is 10.1 Å². The molecule has 1 heterocycles. The highest BCUT2D eigenvalue weighted by molar-refractivity contribution is 7.94. The molecular formula is C14H18N2O3S2. The molecule has 0 aliphatic heterocycles. The van der Waals surface area contributed by atoms with E-state index in [1.807, 2.05) is 12.3 Å². The lowest BCUT2D eigenvalue weighted by atomic mass is 10.3. The van der Waals surface area contributed by atoms with E-state index in [4.69, 9.17) is 4.74 Å². The molecule has 114 valence electrons. The van der Waals surface area contributed by atoms with Gasteiger partial charge in [-0.1, -0.05) is 6.92 Å². The number of nitrogens with one attached hydrogen (secondary N) is 2. The van der Waals surface area contributed by atoms with Crippen LogP contribution in [0.15, 0.2) is 39.9 Å². The summed E-state index contributed by atoms with van der Waals surface area (Å²) in [5, 5.41) is 5.02. The van der Waals surface area contributed by atoms with Crippen molar-refractivity contribution in [1.29, 1.82) is 0 Å². The average Bonchev–Trinajstić information content (AvgIpc) is 2.95. The topological polar surface area (TPSA) is 67.4 Å². The first kappa shape index (κ1) is 15.8. The molecule has 0 amide bonds. The maximum Gasteiger partial charge on any atom is 0.271 e. The smallest absolute Gasteiger partial charge is 0.271 e. The van der Waals surface area contributed by atoms with Gasteiger partial charge in [0.05, 0.1) is 7.11 Å². The Labute approximate surface area is 129 Å². The molecule has 0 fully saturated rings. The summed E-state index contributed by atoms with van der Waals surface area (Å²) in [6.07, 6.45) is 0. The van der Waals surface area contributed by atoms with Gasteiger partial charge in [0, 0.05) is 12.2 Å². The number of methoxy groups -OCH3 is 1. The molecule has 0 saturated carbocycles. The van der Waals surface area contributed by atoms with Gasteiger partial charge in [0.25, 0.3) is 10.0 Å². The largest absolute Gasteiger partial charge is 0.497 e. The van der Waals surface area contributed by atoms with E-state index in [9.17, 15) is 8.42 Å². The number of benzene rings is 1. The fraction of sp³-hybridized carbons (Fsp3) is 0.286. The maximum atomic E-state index is 12.3. The van der Waals surface area contributed by atoms with Gasteiger partial charge in [-0.05, 0) is 47.8 Å². The molecule has 0 atom stereocenters. The third-order valence-electron chi connectivity index (χ3n) is 2.82. The SMILES string of the molecule is CCNCc1csc(S(=O)(=O)Nc2ccc(OC)cc2)c1. The highest BCUT2D eigenvalue weighted by Gasteiger charge is 2.16. The Hall–Kier alpha value is -1.57. The van der Waals surface area contributed by atoms with Crippen molar-refractivity contribution in [2.75, 3.05) is 18.4 Å². The number of hydrogen-bond donors (Lipinski definition) is 2. The molecule has 1 aromatic carbocycles. The molecule has 21 heavy (non-hydrogen) atoms. The van der Waals surface area contributed by atoms with Crippen molar-refractivity contribution in [3.63, 3.8) is 0 Å². The zero-order valence-corrected chi connectivity index (χ0v) is 13.6. The number of ether oxygens (including phenoxy) is 1. The lowest BCUT2D eigenvalue weighted by molar-refractivity contribution is 0.415. The molecule has 0 radical (unpaired) electrons. The van der Waals surface area contributed by atoms with Crippen molar-refractivity contribution in [2.24, 2.45) is 0 Å². The van der Waals surface area contributed by atoms with Crippen molar-refractivity contribution >= 4 is 27.0 Å². The van der Waals surface area contributed by atoms with E-state index in [0.717, 1.165) is 12.1 Å². The van der Waals surface area contributed by atoms with Gasteiger partial charge in [-0.15, -0.1) is 11.3 Å². The van der Waals surface area contributed by atoms with Crippen LogP contribution in [0.3, 0.4) is 0 Å². The highest BCUT2D eigenvalue weighted by Crippen LogP contribution is 2.24. The van der Waals surface area contributed by atoms with Gasteiger partial charge in [0.2, 0.25) is 0 Å². The van der Waals surface area contributed by atoms with Crippen LogP contribution in [0.4, 0.5) is 5.69 Å². The van der Waals surface area contributed by atoms with Gasteiger partial charge in [0.15, 0.2) is 0 Å². The first-order valence-corrected chi connectivity index (χ1v) is 8.86. The third-order valence-corrected chi connectivity index (χ3v) is 5.69. The molecular weight excluding hydrogens is 308 g/mol. The summed E-state index contributed by atoms with van der Waals surface area (Å²) >= 11 is 1.22. The van der Waals surface area contributed by atoms with Gasteiger partial charge in [-0.3, -0.25) is 4.72 Å². The highest BCUT2D eigenvalue weighted by atomic mass is 32.2. The monoisotopic (exact) mass is 326 g/mol. The summed E-state index contributed by atoms with van der Waals surface area (Å²) in [4.78, 5) is 0. The molecule has 2 aromatic rings. The van der Waals surface area contributed by atoms with Crippen LogP contribution in [0.2, 0.25) is 0 Å². The molecule has 2 N–H and O–H groups in total. The van der Waals surface area contributed by atoms with E-state index in [-0.39, 0.29) is 0 Å². The average molecular weight is 326 g/mol. The molecule has 0 aliphatic rings. The predicted molar refractivity (Wildman–Crippen MR) is 85.5 cm³/mol. The van der Waals surface area contributed by atoms with Crippen molar-refractivity contribution in [3.05, 3.63) is 41.3 Å². The summed E-state index contributed by atoms with van der Waals surface area (Å²) in [7, 11) is -1.97. The zero-order valence-electron chi connectivity index (χ0n) is 11.9. The maximum absolute atomic E-state index is 12.3. The minimum Gasteiger partial charge on any atom is -0.497 e. The summed E-state index contributed by atoms with van der Waals surface area (Å²) in [5.74, 6) is 0.682. The Morgan fingerprint density at radius 3 is 2.57 bits per heavy atom. The van der Waals surface area contributed by atoms with Crippen molar-refractivity contribution in [3.8, 4) is 5.75 Å². The van der Waals surface area contributed by atoms with E-state index in [1.54, 1.807) is 37.4 Å². The van der Waals surface area contributed by atoms with Crippen LogP contribution < -0.4 is 14.8 Å². The first-order valence-electron chi connectivity index (χ1n) is 6.50. The summed E-state index contributed by atoms with van der Waals surface area (Å²) in [6, 6.07) is 8.46. The number of anilines is 1. The molecule has 0 spiro atoms. The summed E-state index contributed by atoms with van der Waals surface area (Å²) < 4.78 is 32.5. The molecule has 2 rings (SSSR count). The number of hydrogen-bond acceptors (Lipinski definition) is 5. The Bertz CT molecular complexity index is 678. The van der Waals surface area contributed by atoms with Crippen LogP contribution in [0.1, 0.15) is 12.5 Å². The van der Waals surface area contributed by atoms with Crippen LogP contribution in [0, 0.1) is 0 Å². The summed E-state index contributed by atoms with van der Waals surface area (Å²) in [5.41, 5.74) is 1.48. The van der Waals surface area contributed by atoms with Crippen LogP contribution in [-0.4, -0.2) is 22.1 Å². The van der Waals surface area contributed by atoms with Gasteiger partial charge in [-0.2, -0.15) is 0 Å². The Kier molecular flexibility index (Phi) is 5.22. The Morgan fingerprint density at radius 2 is 1.95 bits per heavy atom. The second-order valence-electron chi connectivity index (χ2n) is 4.39. The van der Waals surface area contributed by atoms with E-state index in [2.05, 4.69) is 10.0 Å². The van der Waals surface area contributed by atoms with E-state index < -0.39 is 10.0 Å². The molecule has 1 aromatic heterocycles. The fourth-order valence-corrected chi connectivity index (χ4v) is 3.99. The van der Waals surface area contributed by atoms with Crippen molar-refractivity contribution in [2.45, 2.75) is 17.7 Å². The number of thiophene rings is 1. The predicted octanol–water partition coefficient (Wildman–Crippen LogP) is 2.67. The quantitative estimate of drug-likeness (QED) is 0.821. The first-order chi connectivity index (χ1) is 10.0. The van der Waals surface area contributed by atoms with E-state index in [0.29, 0.717) is 22.2 Å². The van der Waals surface area contributed by atoms with E-state index >= 15 is 0 Å². The molecule has 7 heteroatoms. The molecule has 0 bridgehead atoms. The third kappa shape index (κ3) is 4.20. The molecule has 0 aliphatic carbocycles. The van der Waals surface area contributed by atoms with Crippen molar-refractivity contribution < 1.29 is 13.2 Å². The van der Waals surface area contributed by atoms with E-state index in [1.165, 1.54) is 11.3 Å². The minimum atomic E-state index is -3.54. The zero-order chi connectivity index (χ0) is 15.3.